The third-order valence-electron chi connectivity index (χ3n) is 2.34. The minimum atomic E-state index is -0.293. The second-order valence-electron chi connectivity index (χ2n) is 3.71. The number of hydrogen-bond acceptors (Lipinski definition) is 3. The molecular weight excluding hydrogens is 245 g/mol. The molecule has 0 aromatic carbocycles. The first-order valence-corrected chi connectivity index (χ1v) is 5.01. The Bertz CT molecular complexity index is 479. The molecular formula is C10H15ClFN5. The van der Waals surface area contributed by atoms with Crippen molar-refractivity contribution in [2.24, 2.45) is 14.1 Å². The van der Waals surface area contributed by atoms with Crippen molar-refractivity contribution in [3.05, 3.63) is 35.7 Å². The summed E-state index contributed by atoms with van der Waals surface area (Å²) in [7, 11) is 3.45. The number of aromatic nitrogens is 4. The van der Waals surface area contributed by atoms with E-state index in [1.54, 1.807) is 17.9 Å². The van der Waals surface area contributed by atoms with Crippen LogP contribution in [0.15, 0.2) is 18.6 Å². The number of aryl methyl sites for hydroxylation is 2. The summed E-state index contributed by atoms with van der Waals surface area (Å²) in [5.74, 6) is -0.293. The van der Waals surface area contributed by atoms with Crippen LogP contribution in [0.3, 0.4) is 0 Å². The second kappa shape index (κ2) is 5.79. The minimum absolute atomic E-state index is 0. The van der Waals surface area contributed by atoms with Gasteiger partial charge in [-0.2, -0.15) is 14.6 Å². The van der Waals surface area contributed by atoms with E-state index in [2.05, 4.69) is 15.5 Å². The quantitative estimate of drug-likeness (QED) is 0.891. The predicted octanol–water partition coefficient (Wildman–Crippen LogP) is 1.00. The molecule has 0 spiro atoms. The number of nitrogens with zero attached hydrogens (tertiary/aromatic N) is 4. The van der Waals surface area contributed by atoms with Crippen molar-refractivity contribution in [1.82, 2.24) is 24.9 Å². The highest BCUT2D eigenvalue weighted by atomic mass is 35.5. The van der Waals surface area contributed by atoms with E-state index in [0.29, 0.717) is 18.7 Å². The lowest BCUT2D eigenvalue weighted by Gasteiger charge is -2.00. The molecule has 2 rings (SSSR count). The van der Waals surface area contributed by atoms with Gasteiger partial charge in [0.25, 0.3) is 0 Å². The molecule has 7 heteroatoms. The lowest BCUT2D eigenvalue weighted by atomic mass is 10.3. The largest absolute Gasteiger partial charge is 0.308 e. The first kappa shape index (κ1) is 13.7. The van der Waals surface area contributed by atoms with Gasteiger partial charge in [0, 0.05) is 44.5 Å². The van der Waals surface area contributed by atoms with Crippen LogP contribution in [0.4, 0.5) is 4.39 Å². The molecule has 0 bridgehead atoms. The summed E-state index contributed by atoms with van der Waals surface area (Å²) in [5, 5.41) is 11.0. The smallest absolute Gasteiger partial charge is 0.215 e. The Kier molecular flexibility index (Phi) is 4.65. The average molecular weight is 260 g/mol. The van der Waals surface area contributed by atoms with Crippen LogP contribution in [0, 0.1) is 5.95 Å². The molecule has 1 N–H and O–H groups in total. The minimum Gasteiger partial charge on any atom is -0.308 e. The Labute approximate surface area is 105 Å². The topological polar surface area (TPSA) is 47.7 Å². The number of rotatable bonds is 4. The zero-order valence-electron chi connectivity index (χ0n) is 9.72. The van der Waals surface area contributed by atoms with Crippen molar-refractivity contribution in [2.75, 3.05) is 0 Å². The first-order valence-electron chi connectivity index (χ1n) is 5.01. The van der Waals surface area contributed by atoms with E-state index in [1.807, 2.05) is 13.2 Å². The van der Waals surface area contributed by atoms with Crippen LogP contribution >= 0.6 is 12.4 Å². The summed E-state index contributed by atoms with van der Waals surface area (Å²) in [6, 6.07) is 0. The zero-order valence-corrected chi connectivity index (χ0v) is 10.5. The molecule has 0 atom stereocenters. The van der Waals surface area contributed by atoms with Crippen LogP contribution in [-0.4, -0.2) is 19.6 Å². The molecule has 0 unspecified atom stereocenters. The van der Waals surface area contributed by atoms with Gasteiger partial charge < -0.3 is 5.32 Å². The Morgan fingerprint density at radius 1 is 1.24 bits per heavy atom. The third-order valence-corrected chi connectivity index (χ3v) is 2.34. The van der Waals surface area contributed by atoms with Gasteiger partial charge in [0.05, 0.1) is 12.4 Å². The molecule has 17 heavy (non-hydrogen) atoms. The van der Waals surface area contributed by atoms with Crippen LogP contribution in [0.5, 0.6) is 0 Å². The summed E-state index contributed by atoms with van der Waals surface area (Å²) < 4.78 is 16.3. The van der Waals surface area contributed by atoms with Gasteiger partial charge in [-0.1, -0.05) is 0 Å². The zero-order chi connectivity index (χ0) is 11.5. The number of hydrogen-bond donors (Lipinski definition) is 1. The van der Waals surface area contributed by atoms with Gasteiger partial charge in [0.15, 0.2) is 0 Å². The van der Waals surface area contributed by atoms with Gasteiger partial charge in [0.2, 0.25) is 5.95 Å². The molecule has 0 saturated heterocycles. The van der Waals surface area contributed by atoms with Crippen molar-refractivity contribution < 1.29 is 4.39 Å². The van der Waals surface area contributed by atoms with E-state index in [1.165, 1.54) is 10.9 Å². The highest BCUT2D eigenvalue weighted by Crippen LogP contribution is 2.04. The molecule has 0 aliphatic carbocycles. The van der Waals surface area contributed by atoms with E-state index < -0.39 is 0 Å². The molecule has 5 nitrogen and oxygen atoms in total. The Hall–Kier alpha value is -1.40. The van der Waals surface area contributed by atoms with Gasteiger partial charge in [-0.25, -0.2) is 4.68 Å². The molecule has 2 aromatic heterocycles. The highest BCUT2D eigenvalue weighted by Gasteiger charge is 2.06. The lowest BCUT2D eigenvalue weighted by molar-refractivity contribution is 0.489. The number of halogens is 2. The molecule has 94 valence electrons. The fourth-order valence-electron chi connectivity index (χ4n) is 1.49. The van der Waals surface area contributed by atoms with Gasteiger partial charge >= 0.3 is 0 Å². The van der Waals surface area contributed by atoms with Crippen LogP contribution < -0.4 is 5.32 Å². The maximum Gasteiger partial charge on any atom is 0.215 e. The normalized spacial score (nSPS) is 10.3. The third kappa shape index (κ3) is 3.28. The summed E-state index contributed by atoms with van der Waals surface area (Å²) in [6.45, 7) is 1.14. The number of nitrogens with one attached hydrogen (secondary N) is 1. The van der Waals surface area contributed by atoms with Gasteiger partial charge in [-0.3, -0.25) is 4.68 Å². The fraction of sp³-hybridized carbons (Fsp3) is 0.400. The van der Waals surface area contributed by atoms with E-state index >= 15 is 0 Å². The standard InChI is InChI=1S/C10H14FN5.ClH/c1-15-7-8(4-13-15)3-12-5-9-6-14-16(2)10(9)11;/h4,6-7,12H,3,5H2,1-2H3;1H. The molecule has 0 amide bonds. The maximum atomic E-state index is 13.3. The predicted molar refractivity (Wildman–Crippen MR) is 64.2 cm³/mol. The molecule has 2 heterocycles. The van der Waals surface area contributed by atoms with E-state index in [9.17, 15) is 4.39 Å². The van der Waals surface area contributed by atoms with Crippen molar-refractivity contribution >= 4 is 12.4 Å². The van der Waals surface area contributed by atoms with Crippen molar-refractivity contribution in [3.8, 4) is 0 Å². The Morgan fingerprint density at radius 2 is 2.00 bits per heavy atom. The van der Waals surface area contributed by atoms with E-state index in [0.717, 1.165) is 5.56 Å². The van der Waals surface area contributed by atoms with Crippen molar-refractivity contribution in [3.63, 3.8) is 0 Å². The Morgan fingerprint density at radius 3 is 2.53 bits per heavy atom. The summed E-state index contributed by atoms with van der Waals surface area (Å²) in [6.07, 6.45) is 5.24. The SMILES string of the molecule is Cl.Cn1cc(CNCc2cnn(C)c2F)cn1. The highest BCUT2D eigenvalue weighted by molar-refractivity contribution is 5.85. The summed E-state index contributed by atoms with van der Waals surface area (Å²) in [4.78, 5) is 0. The lowest BCUT2D eigenvalue weighted by Crippen LogP contribution is -2.13. The molecule has 0 aliphatic heterocycles. The van der Waals surface area contributed by atoms with E-state index in [4.69, 9.17) is 0 Å². The molecule has 0 aliphatic rings. The van der Waals surface area contributed by atoms with Crippen molar-refractivity contribution in [1.29, 1.82) is 0 Å². The molecule has 0 fully saturated rings. The summed E-state index contributed by atoms with van der Waals surface area (Å²) in [5.41, 5.74) is 1.65. The van der Waals surface area contributed by atoms with Gasteiger partial charge in [-0.05, 0) is 0 Å². The van der Waals surface area contributed by atoms with Gasteiger partial charge in [-0.15, -0.1) is 12.4 Å². The Balaban J connectivity index is 0.00000144. The second-order valence-corrected chi connectivity index (χ2v) is 3.71. The van der Waals surface area contributed by atoms with Crippen LogP contribution in [0.25, 0.3) is 0 Å². The average Bonchev–Trinajstić information content (AvgIpc) is 2.79. The monoisotopic (exact) mass is 259 g/mol. The van der Waals surface area contributed by atoms with Crippen LogP contribution in [0.2, 0.25) is 0 Å². The van der Waals surface area contributed by atoms with E-state index in [-0.39, 0.29) is 18.4 Å². The molecule has 2 aromatic rings. The molecule has 0 radical (unpaired) electrons. The fourth-order valence-corrected chi connectivity index (χ4v) is 1.49. The molecule has 0 saturated carbocycles. The van der Waals surface area contributed by atoms with Crippen molar-refractivity contribution in [2.45, 2.75) is 13.1 Å². The first-order chi connectivity index (χ1) is 7.66. The van der Waals surface area contributed by atoms with Crippen LogP contribution in [0.1, 0.15) is 11.1 Å². The van der Waals surface area contributed by atoms with Crippen LogP contribution in [-0.2, 0) is 27.2 Å². The van der Waals surface area contributed by atoms with Gasteiger partial charge in [0.1, 0.15) is 0 Å². The maximum absolute atomic E-state index is 13.3. The summed E-state index contributed by atoms with van der Waals surface area (Å²) >= 11 is 0.